The zero-order chi connectivity index (χ0) is 13.2. The first-order chi connectivity index (χ1) is 8.50. The Labute approximate surface area is 110 Å². The number of hydrogen-bond acceptors (Lipinski definition) is 1. The molecule has 0 saturated heterocycles. The molecule has 0 heterocycles. The SMILES string of the molecule is CC(C)(C)c1ccccc1[P+](=O)c1ccccc1. The zero-order valence-electron chi connectivity index (χ0n) is 11.1. The molecule has 2 aromatic rings. The topological polar surface area (TPSA) is 17.1 Å². The van der Waals surface area contributed by atoms with Crippen molar-refractivity contribution >= 4 is 18.4 Å². The molecule has 0 N–H and O–H groups in total. The Bertz CT molecular complexity index is 553. The molecule has 2 aromatic carbocycles. The van der Waals surface area contributed by atoms with Crippen molar-refractivity contribution in [3.05, 3.63) is 60.2 Å². The third kappa shape index (κ3) is 2.68. The van der Waals surface area contributed by atoms with Gasteiger partial charge >= 0.3 is 7.80 Å². The lowest BCUT2D eigenvalue weighted by Crippen LogP contribution is -2.22. The molecule has 0 aliphatic rings. The Morgan fingerprint density at radius 3 is 2.00 bits per heavy atom. The van der Waals surface area contributed by atoms with Gasteiger partial charge in [-0.05, 0) is 23.6 Å². The van der Waals surface area contributed by atoms with Crippen LogP contribution < -0.4 is 10.6 Å². The van der Waals surface area contributed by atoms with E-state index in [2.05, 4.69) is 26.8 Å². The molecular weight excluding hydrogens is 239 g/mol. The highest BCUT2D eigenvalue weighted by molar-refractivity contribution is 7.61. The Hall–Kier alpha value is -1.46. The van der Waals surface area contributed by atoms with E-state index in [1.807, 2.05) is 48.5 Å². The molecule has 1 atom stereocenters. The Morgan fingerprint density at radius 1 is 0.833 bits per heavy atom. The van der Waals surface area contributed by atoms with Crippen LogP contribution in [0.5, 0.6) is 0 Å². The van der Waals surface area contributed by atoms with E-state index in [9.17, 15) is 4.57 Å². The summed E-state index contributed by atoms with van der Waals surface area (Å²) in [5.74, 6) is 0. The van der Waals surface area contributed by atoms with Gasteiger partial charge in [0.1, 0.15) is 0 Å². The maximum Gasteiger partial charge on any atom is 0.415 e. The number of hydrogen-bond donors (Lipinski definition) is 0. The predicted octanol–water partition coefficient (Wildman–Crippen LogP) is 3.76. The lowest BCUT2D eigenvalue weighted by atomic mass is 9.87. The van der Waals surface area contributed by atoms with Crippen molar-refractivity contribution in [1.29, 1.82) is 0 Å². The second-order valence-corrected chi connectivity index (χ2v) is 6.98. The molecule has 2 rings (SSSR count). The van der Waals surface area contributed by atoms with Crippen LogP contribution in [0.25, 0.3) is 0 Å². The van der Waals surface area contributed by atoms with Crippen LogP contribution in [-0.4, -0.2) is 0 Å². The van der Waals surface area contributed by atoms with Crippen molar-refractivity contribution in [2.24, 2.45) is 0 Å². The second-order valence-electron chi connectivity index (χ2n) is 5.40. The Kier molecular flexibility index (Phi) is 3.63. The fourth-order valence-electron chi connectivity index (χ4n) is 1.99. The summed E-state index contributed by atoms with van der Waals surface area (Å²) in [4.78, 5) is 0. The van der Waals surface area contributed by atoms with Crippen molar-refractivity contribution in [2.75, 3.05) is 0 Å². The summed E-state index contributed by atoms with van der Waals surface area (Å²) in [6.45, 7) is 6.46. The molecule has 1 nitrogen and oxygen atoms in total. The fraction of sp³-hybridized carbons (Fsp3) is 0.250. The quantitative estimate of drug-likeness (QED) is 0.749. The zero-order valence-corrected chi connectivity index (χ0v) is 11.9. The highest BCUT2D eigenvalue weighted by Crippen LogP contribution is 2.28. The molecular formula is C16H18OP+. The van der Waals surface area contributed by atoms with E-state index >= 15 is 0 Å². The summed E-state index contributed by atoms with van der Waals surface area (Å²) < 4.78 is 12.7. The van der Waals surface area contributed by atoms with Gasteiger partial charge in [-0.2, -0.15) is 0 Å². The van der Waals surface area contributed by atoms with Gasteiger partial charge in [-0.3, -0.25) is 0 Å². The van der Waals surface area contributed by atoms with E-state index < -0.39 is 7.80 Å². The highest BCUT2D eigenvalue weighted by atomic mass is 31.1. The van der Waals surface area contributed by atoms with Gasteiger partial charge in [-0.1, -0.05) is 61.7 Å². The van der Waals surface area contributed by atoms with Crippen LogP contribution in [0.4, 0.5) is 0 Å². The molecule has 0 saturated carbocycles. The molecule has 0 fully saturated rings. The average molecular weight is 257 g/mol. The molecule has 2 heteroatoms. The first kappa shape index (κ1) is 13.0. The molecule has 92 valence electrons. The molecule has 0 aromatic heterocycles. The number of benzene rings is 2. The third-order valence-corrected chi connectivity index (χ3v) is 4.52. The molecule has 18 heavy (non-hydrogen) atoms. The van der Waals surface area contributed by atoms with Gasteiger partial charge in [0, 0.05) is 5.56 Å². The van der Waals surface area contributed by atoms with Crippen LogP contribution in [0.1, 0.15) is 26.3 Å². The molecule has 0 aliphatic carbocycles. The van der Waals surface area contributed by atoms with E-state index in [0.717, 1.165) is 16.2 Å². The minimum Gasteiger partial charge on any atom is -0.0619 e. The van der Waals surface area contributed by atoms with Gasteiger partial charge in [0.2, 0.25) is 0 Å². The maximum absolute atomic E-state index is 12.7. The van der Waals surface area contributed by atoms with Gasteiger partial charge in [-0.25, -0.2) is 0 Å². The first-order valence-corrected chi connectivity index (χ1v) is 7.38. The predicted molar refractivity (Wildman–Crippen MR) is 78.5 cm³/mol. The molecule has 0 aliphatic heterocycles. The Morgan fingerprint density at radius 2 is 1.39 bits per heavy atom. The van der Waals surface area contributed by atoms with E-state index in [4.69, 9.17) is 0 Å². The smallest absolute Gasteiger partial charge is 0.0619 e. The minimum atomic E-state index is -1.51. The van der Waals surface area contributed by atoms with Gasteiger partial charge in [-0.15, -0.1) is 0 Å². The third-order valence-electron chi connectivity index (χ3n) is 2.92. The van der Waals surface area contributed by atoms with Crippen LogP contribution in [0.3, 0.4) is 0 Å². The normalized spacial score (nSPS) is 12.3. The minimum absolute atomic E-state index is 0.0103. The molecule has 0 amide bonds. The van der Waals surface area contributed by atoms with Crippen molar-refractivity contribution < 1.29 is 4.57 Å². The van der Waals surface area contributed by atoms with Crippen molar-refractivity contribution in [3.63, 3.8) is 0 Å². The lowest BCUT2D eigenvalue weighted by molar-refractivity contribution is 0.586. The standard InChI is InChI=1S/C16H18OP/c1-16(2,3)14-11-7-8-12-15(14)18(17)13-9-5-4-6-10-13/h4-12H,1-3H3/q+1. The van der Waals surface area contributed by atoms with Gasteiger partial charge in [0.05, 0.1) is 0 Å². The largest absolute Gasteiger partial charge is 0.415 e. The summed E-state index contributed by atoms with van der Waals surface area (Å²) in [6, 6.07) is 17.7. The van der Waals surface area contributed by atoms with Crippen molar-refractivity contribution in [3.8, 4) is 0 Å². The molecule has 1 unspecified atom stereocenters. The summed E-state index contributed by atoms with van der Waals surface area (Å²) in [7, 11) is -1.51. The summed E-state index contributed by atoms with van der Waals surface area (Å²) in [5.41, 5.74) is 1.17. The lowest BCUT2D eigenvalue weighted by Gasteiger charge is -2.18. The van der Waals surface area contributed by atoms with E-state index in [-0.39, 0.29) is 5.41 Å². The summed E-state index contributed by atoms with van der Waals surface area (Å²) >= 11 is 0. The van der Waals surface area contributed by atoms with E-state index in [1.165, 1.54) is 0 Å². The summed E-state index contributed by atoms with van der Waals surface area (Å²) in [6.07, 6.45) is 0. The maximum atomic E-state index is 12.7. The molecule has 0 radical (unpaired) electrons. The van der Waals surface area contributed by atoms with Crippen molar-refractivity contribution in [2.45, 2.75) is 26.2 Å². The first-order valence-electron chi connectivity index (χ1n) is 6.12. The second kappa shape index (κ2) is 5.04. The van der Waals surface area contributed by atoms with E-state index in [0.29, 0.717) is 0 Å². The van der Waals surface area contributed by atoms with Crippen molar-refractivity contribution in [1.82, 2.24) is 0 Å². The van der Waals surface area contributed by atoms with Crippen LogP contribution >= 0.6 is 7.80 Å². The number of rotatable bonds is 2. The average Bonchev–Trinajstić information content (AvgIpc) is 2.38. The Balaban J connectivity index is 2.50. The summed E-state index contributed by atoms with van der Waals surface area (Å²) in [5, 5.41) is 1.84. The van der Waals surface area contributed by atoms with E-state index in [1.54, 1.807) is 0 Å². The van der Waals surface area contributed by atoms with Gasteiger partial charge in [0.25, 0.3) is 0 Å². The molecule has 0 spiro atoms. The van der Waals surface area contributed by atoms with Crippen LogP contribution in [0.15, 0.2) is 54.6 Å². The van der Waals surface area contributed by atoms with Crippen LogP contribution in [0, 0.1) is 0 Å². The highest BCUT2D eigenvalue weighted by Gasteiger charge is 2.30. The monoisotopic (exact) mass is 257 g/mol. The fourth-order valence-corrected chi connectivity index (χ4v) is 3.56. The van der Waals surface area contributed by atoms with Crippen LogP contribution in [0.2, 0.25) is 0 Å². The van der Waals surface area contributed by atoms with Gasteiger partial charge in [0.15, 0.2) is 10.6 Å². The van der Waals surface area contributed by atoms with Gasteiger partial charge < -0.3 is 0 Å². The van der Waals surface area contributed by atoms with Crippen LogP contribution in [-0.2, 0) is 9.98 Å². The molecule has 0 bridgehead atoms.